The second-order valence-electron chi connectivity index (χ2n) is 7.94. The minimum Gasteiger partial charge on any atom is -0.489 e. The highest BCUT2D eigenvalue weighted by molar-refractivity contribution is 5.67. The maximum Gasteiger partial charge on any atom is 0.407 e. The number of aromatic nitrogens is 2. The maximum absolute atomic E-state index is 11.6. The molecule has 1 unspecified atom stereocenters. The van der Waals surface area contributed by atoms with Gasteiger partial charge in [-0.1, -0.05) is 12.1 Å². The van der Waals surface area contributed by atoms with E-state index >= 15 is 0 Å². The van der Waals surface area contributed by atoms with Crippen LogP contribution in [0, 0.1) is 0 Å². The number of rotatable bonds is 7. The molecule has 172 valence electrons. The zero-order valence-electron chi connectivity index (χ0n) is 18.7. The standard InChI is InChI=1S/C23H31N5O4/c1-3-31-23(29)25-17(2)18-4-6-19(7-5-18)32-20-9-11-28(16-20)21-8-10-24-22(26-21)27-12-14-30-15-13-27/h4-8,10,17,20H,3,9,11-16H2,1-2H3,(H,25,29)/t17-,20?/m0/s1. The van der Waals surface area contributed by atoms with Gasteiger partial charge in [-0.3, -0.25) is 0 Å². The third-order valence-electron chi connectivity index (χ3n) is 5.68. The van der Waals surface area contributed by atoms with Gasteiger partial charge in [-0.05, 0) is 37.6 Å². The van der Waals surface area contributed by atoms with Crippen LogP contribution in [0.2, 0.25) is 0 Å². The number of amides is 1. The van der Waals surface area contributed by atoms with Gasteiger partial charge in [-0.2, -0.15) is 4.98 Å². The topological polar surface area (TPSA) is 89.1 Å². The number of ether oxygens (including phenoxy) is 3. The third kappa shape index (κ3) is 5.59. The Labute approximate surface area is 188 Å². The lowest BCUT2D eigenvalue weighted by atomic mass is 10.1. The number of carbonyl (C=O) groups is 1. The van der Waals surface area contributed by atoms with Crippen LogP contribution in [-0.2, 0) is 9.47 Å². The highest BCUT2D eigenvalue weighted by Gasteiger charge is 2.26. The Balaban J connectivity index is 1.31. The molecule has 0 spiro atoms. The first-order valence-corrected chi connectivity index (χ1v) is 11.2. The van der Waals surface area contributed by atoms with E-state index in [-0.39, 0.29) is 12.1 Å². The first-order chi connectivity index (χ1) is 15.6. The molecular formula is C23H31N5O4. The highest BCUT2D eigenvalue weighted by Crippen LogP contribution is 2.25. The molecule has 32 heavy (non-hydrogen) atoms. The summed E-state index contributed by atoms with van der Waals surface area (Å²) in [6.07, 6.45) is 2.44. The van der Waals surface area contributed by atoms with Crippen molar-refractivity contribution in [3.05, 3.63) is 42.1 Å². The van der Waals surface area contributed by atoms with Crippen molar-refractivity contribution >= 4 is 17.9 Å². The number of hydrogen-bond acceptors (Lipinski definition) is 8. The van der Waals surface area contributed by atoms with Gasteiger partial charge in [0.15, 0.2) is 0 Å². The van der Waals surface area contributed by atoms with E-state index < -0.39 is 6.09 Å². The van der Waals surface area contributed by atoms with Gasteiger partial charge in [0.1, 0.15) is 17.7 Å². The number of carbonyl (C=O) groups excluding carboxylic acids is 1. The van der Waals surface area contributed by atoms with Crippen LogP contribution >= 0.6 is 0 Å². The third-order valence-corrected chi connectivity index (χ3v) is 5.68. The maximum atomic E-state index is 11.6. The lowest BCUT2D eigenvalue weighted by molar-refractivity contribution is 0.122. The van der Waals surface area contributed by atoms with Gasteiger partial charge in [-0.25, -0.2) is 9.78 Å². The van der Waals surface area contributed by atoms with Gasteiger partial charge >= 0.3 is 6.09 Å². The van der Waals surface area contributed by atoms with Crippen LogP contribution in [0.5, 0.6) is 5.75 Å². The molecule has 9 nitrogen and oxygen atoms in total. The van der Waals surface area contributed by atoms with Crippen molar-refractivity contribution in [3.63, 3.8) is 0 Å². The number of benzene rings is 1. The smallest absolute Gasteiger partial charge is 0.407 e. The van der Waals surface area contributed by atoms with Crippen molar-refractivity contribution in [2.45, 2.75) is 32.4 Å². The summed E-state index contributed by atoms with van der Waals surface area (Å²) in [7, 11) is 0. The van der Waals surface area contributed by atoms with E-state index in [4.69, 9.17) is 19.2 Å². The predicted octanol–water partition coefficient (Wildman–Crippen LogP) is 2.78. The Hall–Kier alpha value is -3.07. The van der Waals surface area contributed by atoms with Crippen molar-refractivity contribution in [1.82, 2.24) is 15.3 Å². The van der Waals surface area contributed by atoms with Crippen LogP contribution in [0.25, 0.3) is 0 Å². The summed E-state index contributed by atoms with van der Waals surface area (Å²) in [5.74, 6) is 2.51. The minimum atomic E-state index is -0.409. The van der Waals surface area contributed by atoms with Gasteiger partial charge in [0.25, 0.3) is 0 Å². The Morgan fingerprint density at radius 2 is 1.97 bits per heavy atom. The number of anilines is 2. The molecule has 2 aromatic rings. The molecule has 1 N–H and O–H groups in total. The fraction of sp³-hybridized carbons (Fsp3) is 0.522. The van der Waals surface area contributed by atoms with Gasteiger partial charge < -0.3 is 29.3 Å². The molecular weight excluding hydrogens is 410 g/mol. The fourth-order valence-electron chi connectivity index (χ4n) is 3.92. The molecule has 3 heterocycles. The van der Waals surface area contributed by atoms with Crippen LogP contribution in [-0.4, -0.2) is 68.2 Å². The molecule has 2 atom stereocenters. The number of alkyl carbamates (subject to hydrolysis) is 1. The second kappa shape index (κ2) is 10.5. The summed E-state index contributed by atoms with van der Waals surface area (Å²) < 4.78 is 16.6. The van der Waals surface area contributed by atoms with Crippen molar-refractivity contribution in [3.8, 4) is 5.75 Å². The average Bonchev–Trinajstić information content (AvgIpc) is 3.29. The SMILES string of the molecule is CCOC(=O)N[C@@H](C)c1ccc(OC2CCN(c3ccnc(N4CCOCC4)n3)C2)cc1. The molecule has 2 saturated heterocycles. The molecule has 0 saturated carbocycles. The van der Waals surface area contributed by atoms with E-state index in [0.717, 1.165) is 55.7 Å². The van der Waals surface area contributed by atoms with Crippen LogP contribution in [0.1, 0.15) is 31.9 Å². The normalized spacial score (nSPS) is 19.5. The van der Waals surface area contributed by atoms with Crippen molar-refractivity contribution in [2.75, 3.05) is 55.8 Å². The van der Waals surface area contributed by atoms with Gasteiger partial charge in [0, 0.05) is 32.3 Å². The van der Waals surface area contributed by atoms with Gasteiger partial charge in [0.05, 0.1) is 32.4 Å². The molecule has 9 heteroatoms. The van der Waals surface area contributed by atoms with E-state index in [1.54, 1.807) is 6.92 Å². The average molecular weight is 442 g/mol. The molecule has 2 aliphatic rings. The molecule has 0 radical (unpaired) electrons. The molecule has 4 rings (SSSR count). The first-order valence-electron chi connectivity index (χ1n) is 11.2. The molecule has 1 amide bonds. The molecule has 2 aliphatic heterocycles. The van der Waals surface area contributed by atoms with E-state index in [0.29, 0.717) is 19.8 Å². The largest absolute Gasteiger partial charge is 0.489 e. The Morgan fingerprint density at radius 1 is 1.19 bits per heavy atom. The Bertz CT molecular complexity index is 888. The quantitative estimate of drug-likeness (QED) is 0.702. The van der Waals surface area contributed by atoms with E-state index in [9.17, 15) is 4.79 Å². The molecule has 0 bridgehead atoms. The second-order valence-corrected chi connectivity index (χ2v) is 7.94. The van der Waals surface area contributed by atoms with Gasteiger partial charge in [0.2, 0.25) is 5.95 Å². The lowest BCUT2D eigenvalue weighted by Crippen LogP contribution is -2.37. The molecule has 2 fully saturated rings. The van der Waals surface area contributed by atoms with Crippen molar-refractivity contribution in [1.29, 1.82) is 0 Å². The summed E-state index contributed by atoms with van der Waals surface area (Å²) in [5.41, 5.74) is 0.995. The fourth-order valence-corrected chi connectivity index (χ4v) is 3.92. The van der Waals surface area contributed by atoms with Crippen LogP contribution < -0.4 is 19.9 Å². The summed E-state index contributed by atoms with van der Waals surface area (Å²) in [5, 5.41) is 2.81. The molecule has 1 aromatic carbocycles. The van der Waals surface area contributed by atoms with E-state index in [1.165, 1.54) is 0 Å². The summed E-state index contributed by atoms with van der Waals surface area (Å²) in [6, 6.07) is 9.66. The lowest BCUT2D eigenvalue weighted by Gasteiger charge is -2.27. The molecule has 0 aliphatic carbocycles. The molecule has 1 aromatic heterocycles. The van der Waals surface area contributed by atoms with E-state index in [2.05, 4.69) is 20.1 Å². The number of hydrogen-bond donors (Lipinski definition) is 1. The highest BCUT2D eigenvalue weighted by atomic mass is 16.5. The van der Waals surface area contributed by atoms with Crippen molar-refractivity contribution in [2.24, 2.45) is 0 Å². The monoisotopic (exact) mass is 441 g/mol. The first kappa shape index (κ1) is 22.1. The predicted molar refractivity (Wildman–Crippen MR) is 121 cm³/mol. The number of nitrogens with zero attached hydrogens (tertiary/aromatic N) is 4. The van der Waals surface area contributed by atoms with Gasteiger partial charge in [-0.15, -0.1) is 0 Å². The number of nitrogens with one attached hydrogen (secondary N) is 1. The summed E-state index contributed by atoms with van der Waals surface area (Å²) in [6.45, 7) is 8.80. The van der Waals surface area contributed by atoms with Crippen LogP contribution in [0.4, 0.5) is 16.6 Å². The minimum absolute atomic E-state index is 0.0951. The van der Waals surface area contributed by atoms with Crippen LogP contribution in [0.15, 0.2) is 36.5 Å². The Kier molecular flexibility index (Phi) is 7.26. The zero-order valence-corrected chi connectivity index (χ0v) is 18.7. The van der Waals surface area contributed by atoms with Crippen molar-refractivity contribution < 1.29 is 19.0 Å². The van der Waals surface area contributed by atoms with Crippen LogP contribution in [0.3, 0.4) is 0 Å². The Morgan fingerprint density at radius 3 is 2.72 bits per heavy atom. The van der Waals surface area contributed by atoms with E-state index in [1.807, 2.05) is 43.5 Å². The summed E-state index contributed by atoms with van der Waals surface area (Å²) >= 11 is 0. The number of morpholine rings is 1. The summed E-state index contributed by atoms with van der Waals surface area (Å²) in [4.78, 5) is 25.2. The zero-order chi connectivity index (χ0) is 22.3.